The maximum Gasteiger partial charge on any atom is 0.324 e. The summed E-state index contributed by atoms with van der Waals surface area (Å²) in [5, 5.41) is 0. The predicted octanol–water partition coefficient (Wildman–Crippen LogP) is 3.05. The lowest BCUT2D eigenvalue weighted by molar-refractivity contribution is -0.147. The lowest BCUT2D eigenvalue weighted by Gasteiger charge is -2.29. The van der Waals surface area contributed by atoms with E-state index in [0.29, 0.717) is 18.9 Å². The summed E-state index contributed by atoms with van der Waals surface area (Å²) in [6, 6.07) is 9.68. The number of benzene rings is 1. The maximum absolute atomic E-state index is 13.0. The molecule has 24 heavy (non-hydrogen) atoms. The van der Waals surface area contributed by atoms with Crippen molar-refractivity contribution in [3.63, 3.8) is 0 Å². The molecule has 1 unspecified atom stereocenters. The summed E-state index contributed by atoms with van der Waals surface area (Å²) in [5.41, 5.74) is -0.587. The number of rotatable bonds is 5. The highest BCUT2D eigenvalue weighted by atomic mass is 16.5. The molecule has 1 aliphatic heterocycles. The number of ether oxygens (including phenoxy) is 1. The molecule has 0 saturated carbocycles. The summed E-state index contributed by atoms with van der Waals surface area (Å²) in [4.78, 5) is 24.5. The fraction of sp³-hybridized carbons (Fsp3) is 0.526. The predicted molar refractivity (Wildman–Crippen MR) is 97.7 cm³/mol. The van der Waals surface area contributed by atoms with Gasteiger partial charge in [-0.25, -0.2) is 4.99 Å². The number of esters is 1. The molecule has 0 bridgehead atoms. The highest BCUT2D eigenvalue weighted by molar-refractivity contribution is 6.19. The molecule has 0 fully saturated rings. The Morgan fingerprint density at radius 1 is 1.21 bits per heavy atom. The van der Waals surface area contributed by atoms with Gasteiger partial charge in [0.15, 0.2) is 5.41 Å². The molecule has 0 saturated heterocycles. The van der Waals surface area contributed by atoms with Crippen LogP contribution in [0.5, 0.6) is 0 Å². The highest BCUT2D eigenvalue weighted by Crippen LogP contribution is 2.36. The largest absolute Gasteiger partial charge is 0.465 e. The summed E-state index contributed by atoms with van der Waals surface area (Å²) >= 11 is 0. The van der Waals surface area contributed by atoms with Crippen molar-refractivity contribution in [2.75, 3.05) is 20.7 Å². The molecule has 0 N–H and O–H groups in total. The van der Waals surface area contributed by atoms with Gasteiger partial charge in [0.2, 0.25) is 0 Å². The molecule has 130 valence electrons. The first-order chi connectivity index (χ1) is 11.3. The van der Waals surface area contributed by atoms with Crippen molar-refractivity contribution in [3.05, 3.63) is 35.9 Å². The van der Waals surface area contributed by atoms with Gasteiger partial charge in [-0.3, -0.25) is 9.79 Å². The van der Waals surface area contributed by atoms with Gasteiger partial charge >= 0.3 is 5.97 Å². The molecular formula is C19H27N3O2. The van der Waals surface area contributed by atoms with Crippen LogP contribution in [0, 0.1) is 0 Å². The Morgan fingerprint density at radius 2 is 1.83 bits per heavy atom. The molecule has 1 aliphatic rings. The van der Waals surface area contributed by atoms with Crippen LogP contribution < -0.4 is 0 Å². The third kappa shape index (κ3) is 2.95. The van der Waals surface area contributed by atoms with Crippen molar-refractivity contribution in [3.8, 4) is 0 Å². The Labute approximate surface area is 144 Å². The number of likely N-dealkylation sites (N-methyl/N-ethyl adjacent to an activating group) is 1. The average Bonchev–Trinajstić information content (AvgIpc) is 2.86. The van der Waals surface area contributed by atoms with Crippen LogP contribution in [-0.2, 0) is 14.9 Å². The Bertz CT molecular complexity index is 662. The smallest absolute Gasteiger partial charge is 0.324 e. The maximum atomic E-state index is 13.0. The third-order valence-electron chi connectivity index (χ3n) is 4.37. The number of nitrogens with zero attached hydrogens (tertiary/aromatic N) is 3. The minimum atomic E-state index is -0.980. The molecule has 0 spiro atoms. The Balaban J connectivity index is 2.66. The Hall–Kier alpha value is -2.17. The second-order valence-corrected chi connectivity index (χ2v) is 6.67. The molecule has 1 aromatic carbocycles. The lowest BCUT2D eigenvalue weighted by atomic mass is 9.76. The van der Waals surface area contributed by atoms with E-state index in [-0.39, 0.29) is 5.97 Å². The van der Waals surface area contributed by atoms with Gasteiger partial charge in [-0.1, -0.05) is 37.3 Å². The van der Waals surface area contributed by atoms with E-state index in [9.17, 15) is 4.79 Å². The molecule has 0 aromatic heterocycles. The molecule has 1 atom stereocenters. The monoisotopic (exact) mass is 329 g/mol. The summed E-state index contributed by atoms with van der Waals surface area (Å²) in [6.07, 6.45) is 0.537. The van der Waals surface area contributed by atoms with Gasteiger partial charge in [0.05, 0.1) is 6.61 Å². The number of carbonyl (C=O) groups excluding carboxylic acids is 1. The summed E-state index contributed by atoms with van der Waals surface area (Å²) in [6.45, 7) is 8.14. The van der Waals surface area contributed by atoms with E-state index in [1.54, 1.807) is 0 Å². The molecule has 1 aromatic rings. The second kappa shape index (κ2) is 6.75. The van der Waals surface area contributed by atoms with E-state index in [1.807, 2.05) is 77.0 Å². The van der Waals surface area contributed by atoms with E-state index < -0.39 is 11.0 Å². The number of amidine groups is 2. The van der Waals surface area contributed by atoms with Crippen LogP contribution in [0.3, 0.4) is 0 Å². The van der Waals surface area contributed by atoms with Crippen LogP contribution in [-0.4, -0.2) is 48.8 Å². The van der Waals surface area contributed by atoms with E-state index in [1.165, 1.54) is 0 Å². The topological polar surface area (TPSA) is 54.3 Å². The van der Waals surface area contributed by atoms with Crippen LogP contribution in [0.4, 0.5) is 0 Å². The highest BCUT2D eigenvalue weighted by Gasteiger charge is 2.49. The van der Waals surface area contributed by atoms with Gasteiger partial charge in [0.1, 0.15) is 17.2 Å². The summed E-state index contributed by atoms with van der Waals surface area (Å²) in [5.74, 6) is 1.08. The van der Waals surface area contributed by atoms with E-state index in [4.69, 9.17) is 14.7 Å². The molecule has 2 rings (SSSR count). The molecular weight excluding hydrogens is 302 g/mol. The summed E-state index contributed by atoms with van der Waals surface area (Å²) < 4.78 is 5.43. The van der Waals surface area contributed by atoms with Gasteiger partial charge in [-0.2, -0.15) is 0 Å². The van der Waals surface area contributed by atoms with Crippen LogP contribution in [0.15, 0.2) is 40.3 Å². The van der Waals surface area contributed by atoms with Crippen LogP contribution in [0.2, 0.25) is 0 Å². The van der Waals surface area contributed by atoms with Crippen molar-refractivity contribution in [2.45, 2.75) is 45.1 Å². The second-order valence-electron chi connectivity index (χ2n) is 6.67. The number of hydrogen-bond acceptors (Lipinski definition) is 5. The van der Waals surface area contributed by atoms with Gasteiger partial charge in [-0.15, -0.1) is 0 Å². The Kier molecular flexibility index (Phi) is 5.11. The number of carbonyl (C=O) groups is 1. The first-order valence-corrected chi connectivity index (χ1v) is 8.39. The van der Waals surface area contributed by atoms with E-state index in [2.05, 4.69) is 0 Å². The number of aliphatic imine (C=N–C) groups is 2. The van der Waals surface area contributed by atoms with Crippen molar-refractivity contribution in [2.24, 2.45) is 9.98 Å². The Morgan fingerprint density at radius 3 is 2.29 bits per heavy atom. The minimum Gasteiger partial charge on any atom is -0.465 e. The SMILES string of the molecule is CCOC(=O)C(CC)(C1=NC(C)(C)C(N(C)C)=N1)c1ccccc1. The van der Waals surface area contributed by atoms with Crippen molar-refractivity contribution < 1.29 is 9.53 Å². The van der Waals surface area contributed by atoms with Crippen LogP contribution in [0.1, 0.15) is 39.7 Å². The third-order valence-corrected chi connectivity index (χ3v) is 4.37. The van der Waals surface area contributed by atoms with Gasteiger partial charge < -0.3 is 9.64 Å². The normalized spacial score (nSPS) is 18.4. The number of hydrogen-bond donors (Lipinski definition) is 0. The van der Waals surface area contributed by atoms with Crippen LogP contribution >= 0.6 is 0 Å². The molecule has 0 amide bonds. The zero-order valence-corrected chi connectivity index (χ0v) is 15.5. The average molecular weight is 329 g/mol. The van der Waals surface area contributed by atoms with E-state index >= 15 is 0 Å². The first-order valence-electron chi connectivity index (χ1n) is 8.39. The molecule has 0 radical (unpaired) electrons. The van der Waals surface area contributed by atoms with E-state index in [0.717, 1.165) is 11.4 Å². The van der Waals surface area contributed by atoms with Gasteiger partial charge in [-0.05, 0) is 32.8 Å². The fourth-order valence-electron chi connectivity index (χ4n) is 3.24. The first kappa shape index (κ1) is 18.2. The van der Waals surface area contributed by atoms with Crippen molar-refractivity contribution >= 4 is 17.6 Å². The van der Waals surface area contributed by atoms with Gasteiger partial charge in [0.25, 0.3) is 0 Å². The van der Waals surface area contributed by atoms with Crippen molar-refractivity contribution in [1.29, 1.82) is 0 Å². The molecule has 1 heterocycles. The molecule has 5 heteroatoms. The molecule has 0 aliphatic carbocycles. The lowest BCUT2D eigenvalue weighted by Crippen LogP contribution is -2.43. The zero-order chi connectivity index (χ0) is 18.0. The quantitative estimate of drug-likeness (QED) is 0.780. The molecule has 5 nitrogen and oxygen atoms in total. The minimum absolute atomic E-state index is 0.294. The standard InChI is InChI=1S/C19H27N3O2/c1-7-19(17(23)24-8-2,14-12-10-9-11-13-14)15-20-16(22(5)6)18(3,4)21-15/h9-13H,7-8H2,1-6H3. The van der Waals surface area contributed by atoms with Crippen LogP contribution in [0.25, 0.3) is 0 Å². The van der Waals surface area contributed by atoms with Gasteiger partial charge in [0, 0.05) is 14.1 Å². The van der Waals surface area contributed by atoms with Crippen molar-refractivity contribution in [1.82, 2.24) is 4.90 Å². The zero-order valence-electron chi connectivity index (χ0n) is 15.5. The summed E-state index contributed by atoms with van der Waals surface area (Å²) in [7, 11) is 3.89. The fourth-order valence-corrected chi connectivity index (χ4v) is 3.24.